The smallest absolute Gasteiger partial charge is 0.329 e. The number of carbonyl (C=O) groups excluding carboxylic acids is 4. The summed E-state index contributed by atoms with van der Waals surface area (Å²) in [6, 6.07) is 24.9. The summed E-state index contributed by atoms with van der Waals surface area (Å²) in [5, 5.41) is 17.5. The molecule has 0 radical (unpaired) electrons. The lowest BCUT2D eigenvalue weighted by Gasteiger charge is -2.42. The molecule has 3 fully saturated rings. The monoisotopic (exact) mass is 882 g/mol. The van der Waals surface area contributed by atoms with Crippen LogP contribution >= 0.6 is 0 Å². The maximum Gasteiger partial charge on any atom is 0.329 e. The molecule has 0 spiro atoms. The minimum atomic E-state index is -1.39. The molecule has 5 amide bonds. The van der Waals surface area contributed by atoms with Crippen LogP contribution in [0.3, 0.4) is 0 Å². The Morgan fingerprint density at radius 2 is 1.66 bits per heavy atom. The van der Waals surface area contributed by atoms with Crippen molar-refractivity contribution < 1.29 is 37.8 Å². The van der Waals surface area contributed by atoms with Gasteiger partial charge in [-0.3, -0.25) is 34.2 Å². The van der Waals surface area contributed by atoms with E-state index in [1.54, 1.807) is 42.1 Å². The molecular formula is C49H51FN8O7. The number of fused-ring (bicyclic) bond motifs is 2. The molecule has 4 aromatic carbocycles. The predicted molar refractivity (Wildman–Crippen MR) is 241 cm³/mol. The first-order valence-corrected chi connectivity index (χ1v) is 22.2. The third-order valence-corrected chi connectivity index (χ3v) is 13.2. The van der Waals surface area contributed by atoms with Crippen molar-refractivity contribution in [2.24, 2.45) is 7.05 Å². The van der Waals surface area contributed by atoms with Gasteiger partial charge in [-0.05, 0) is 98.4 Å². The summed E-state index contributed by atoms with van der Waals surface area (Å²) in [4.78, 5) is 59.2. The Labute approximate surface area is 376 Å². The second-order valence-electron chi connectivity index (χ2n) is 17.1. The van der Waals surface area contributed by atoms with Crippen molar-refractivity contribution in [3.05, 3.63) is 101 Å². The normalized spacial score (nSPS) is 18.4. The summed E-state index contributed by atoms with van der Waals surface area (Å²) in [6.45, 7) is 5.19. The van der Waals surface area contributed by atoms with Gasteiger partial charge >= 0.3 is 6.03 Å². The number of carbonyl (C=O) groups is 4. The molecule has 4 aliphatic heterocycles. The maximum atomic E-state index is 16.6. The quantitative estimate of drug-likeness (QED) is 0.116. The van der Waals surface area contributed by atoms with Crippen molar-refractivity contribution in [2.45, 2.75) is 63.1 Å². The van der Waals surface area contributed by atoms with Crippen LogP contribution in [-0.2, 0) is 11.8 Å². The summed E-state index contributed by atoms with van der Waals surface area (Å²) >= 11 is 0. The fourth-order valence-corrected chi connectivity index (χ4v) is 9.77. The number of ether oxygens (including phenoxy) is 3. The number of anilines is 2. The number of rotatable bonds is 13. The van der Waals surface area contributed by atoms with E-state index in [-0.39, 0.29) is 30.9 Å². The first-order chi connectivity index (χ1) is 31.5. The first-order valence-electron chi connectivity index (χ1n) is 22.2. The standard InChI is InChI=1S/C49H51FN8O7/c1-4-64-42-28-33(10-15-41(42)63-3)38(16-22-51)58-46(60)37-6-5-7-39(44(37)47(58)61)56-26-20-49(50,21-27-56)30-55-23-17-32(18-24-55)31-8-11-34(12-9-31)65-35-13-14-36-40(29-35)54(2)53-45(36)57-25-19-43(59)52-48(57)62/h5-15,28-29,32,38H,4,16-21,23-27,30H2,1-3H3,(H,52,59,62)/t38-/m1/s1. The topological polar surface area (TPSA) is 163 Å². The lowest BCUT2D eigenvalue weighted by Crippen LogP contribution is -2.50. The molecule has 9 rings (SSSR count). The number of alkyl halides is 1. The lowest BCUT2D eigenvalue weighted by atomic mass is 9.87. The Morgan fingerprint density at radius 1 is 0.908 bits per heavy atom. The van der Waals surface area contributed by atoms with Gasteiger partial charge in [0, 0.05) is 63.9 Å². The molecule has 15 nitrogen and oxygen atoms in total. The van der Waals surface area contributed by atoms with Gasteiger partial charge in [0.15, 0.2) is 17.3 Å². The molecule has 0 unspecified atom stereocenters. The van der Waals surface area contributed by atoms with Gasteiger partial charge in [0.2, 0.25) is 5.91 Å². The number of urea groups is 1. The van der Waals surface area contributed by atoms with Crippen molar-refractivity contribution in [2.75, 3.05) is 62.8 Å². The van der Waals surface area contributed by atoms with E-state index in [4.69, 9.17) is 14.2 Å². The molecule has 5 heterocycles. The van der Waals surface area contributed by atoms with Crippen LogP contribution in [-0.4, -0.2) is 102 Å². The molecule has 1 atom stereocenters. The average Bonchev–Trinajstić information content (AvgIpc) is 3.77. The molecule has 5 aromatic rings. The Balaban J connectivity index is 0.790. The molecule has 16 heteroatoms. The van der Waals surface area contributed by atoms with Crippen LogP contribution in [0.5, 0.6) is 23.0 Å². The van der Waals surface area contributed by atoms with Crippen LogP contribution < -0.4 is 29.3 Å². The highest BCUT2D eigenvalue weighted by Gasteiger charge is 2.44. The third-order valence-electron chi connectivity index (χ3n) is 13.2. The molecule has 336 valence electrons. The van der Waals surface area contributed by atoms with Crippen molar-refractivity contribution in [1.29, 1.82) is 5.26 Å². The molecule has 0 saturated carbocycles. The van der Waals surface area contributed by atoms with E-state index in [0.717, 1.165) is 36.8 Å². The zero-order valence-electron chi connectivity index (χ0n) is 36.7. The van der Waals surface area contributed by atoms with Crippen molar-refractivity contribution in [3.63, 3.8) is 0 Å². The number of methoxy groups -OCH3 is 1. The van der Waals surface area contributed by atoms with Gasteiger partial charge in [-0.15, -0.1) is 0 Å². The van der Waals surface area contributed by atoms with E-state index in [0.29, 0.717) is 90.6 Å². The third kappa shape index (κ3) is 8.44. The highest BCUT2D eigenvalue weighted by atomic mass is 19.1. The van der Waals surface area contributed by atoms with Crippen LogP contribution in [0.1, 0.15) is 89.3 Å². The van der Waals surface area contributed by atoms with Crippen LogP contribution in [0, 0.1) is 11.3 Å². The molecule has 4 aliphatic rings. The van der Waals surface area contributed by atoms with E-state index in [1.165, 1.54) is 22.5 Å². The van der Waals surface area contributed by atoms with Crippen LogP contribution in [0.4, 0.5) is 20.7 Å². The van der Waals surface area contributed by atoms with Gasteiger partial charge in [-0.2, -0.15) is 10.4 Å². The molecule has 1 N–H and O–H groups in total. The zero-order chi connectivity index (χ0) is 45.4. The van der Waals surface area contributed by atoms with Gasteiger partial charge in [0.25, 0.3) is 11.8 Å². The minimum absolute atomic E-state index is 0.102. The number of aromatic nitrogens is 2. The maximum absolute atomic E-state index is 16.6. The van der Waals surface area contributed by atoms with Crippen LogP contribution in [0.25, 0.3) is 10.9 Å². The highest BCUT2D eigenvalue weighted by Crippen LogP contribution is 2.42. The largest absolute Gasteiger partial charge is 0.493 e. The number of hydrogen-bond acceptors (Lipinski definition) is 11. The van der Waals surface area contributed by atoms with Gasteiger partial charge < -0.3 is 24.0 Å². The number of halogens is 1. The SMILES string of the molecule is CCOc1cc([C@@H](CC#N)N2C(=O)c3cccc(N4CCC(F)(CN5CCC(c6ccc(Oc7ccc8c(N9CCC(=O)NC9=O)nn(C)c8c7)cc6)CC5)CC4)c3C2=O)ccc1OC. The van der Waals surface area contributed by atoms with Gasteiger partial charge in [0.05, 0.1) is 54.6 Å². The number of hydrogen-bond donors (Lipinski definition) is 1. The number of piperidine rings is 2. The van der Waals surface area contributed by atoms with E-state index < -0.39 is 29.6 Å². The van der Waals surface area contributed by atoms with Crippen LogP contribution in [0.15, 0.2) is 78.9 Å². The number of nitriles is 1. The van der Waals surface area contributed by atoms with Crippen molar-refractivity contribution in [1.82, 2.24) is 24.9 Å². The van der Waals surface area contributed by atoms with Crippen molar-refractivity contribution >= 4 is 46.2 Å². The second kappa shape index (κ2) is 17.9. The Bertz CT molecular complexity index is 2700. The molecule has 0 bridgehead atoms. The Morgan fingerprint density at radius 3 is 2.37 bits per heavy atom. The van der Waals surface area contributed by atoms with Crippen LogP contribution in [0.2, 0.25) is 0 Å². The summed E-state index contributed by atoms with van der Waals surface area (Å²) in [5.41, 5.74) is 2.37. The number of benzene rings is 4. The summed E-state index contributed by atoms with van der Waals surface area (Å²) in [5.74, 6) is 1.88. The number of amides is 5. The van der Waals surface area contributed by atoms with Gasteiger partial charge in [-0.25, -0.2) is 9.18 Å². The zero-order valence-corrected chi connectivity index (χ0v) is 36.7. The number of nitrogens with one attached hydrogen (secondary N) is 1. The Kier molecular flexibility index (Phi) is 11.9. The number of nitrogens with zero attached hydrogens (tertiary/aromatic N) is 7. The molecule has 65 heavy (non-hydrogen) atoms. The number of likely N-dealkylation sites (tertiary alicyclic amines) is 1. The van der Waals surface area contributed by atoms with E-state index in [9.17, 15) is 24.4 Å². The van der Waals surface area contributed by atoms with Crippen molar-refractivity contribution in [3.8, 4) is 29.1 Å². The number of aryl methyl sites for hydroxylation is 1. The molecule has 1 aromatic heterocycles. The van der Waals surface area contributed by atoms with E-state index in [2.05, 4.69) is 33.5 Å². The fourth-order valence-electron chi connectivity index (χ4n) is 9.77. The average molecular weight is 883 g/mol. The fraction of sp³-hybridized carbons (Fsp3) is 0.388. The minimum Gasteiger partial charge on any atom is -0.493 e. The molecule has 0 aliphatic carbocycles. The van der Waals surface area contributed by atoms with Gasteiger partial charge in [0.1, 0.15) is 17.2 Å². The Hall–Kier alpha value is -6.99. The van der Waals surface area contributed by atoms with E-state index >= 15 is 4.39 Å². The summed E-state index contributed by atoms with van der Waals surface area (Å²) in [7, 11) is 3.33. The van der Waals surface area contributed by atoms with Gasteiger partial charge in [-0.1, -0.05) is 24.3 Å². The number of imide groups is 2. The lowest BCUT2D eigenvalue weighted by molar-refractivity contribution is -0.120. The first kappa shape index (κ1) is 43.3. The second-order valence-corrected chi connectivity index (χ2v) is 17.1. The molecular weight excluding hydrogens is 832 g/mol. The molecule has 3 saturated heterocycles. The predicted octanol–water partition coefficient (Wildman–Crippen LogP) is 7.66. The summed E-state index contributed by atoms with van der Waals surface area (Å²) in [6.07, 6.45) is 2.51. The highest BCUT2D eigenvalue weighted by molar-refractivity contribution is 6.24. The summed E-state index contributed by atoms with van der Waals surface area (Å²) < 4.78 is 35.7. The van der Waals surface area contributed by atoms with E-state index in [1.807, 2.05) is 48.2 Å².